The minimum absolute atomic E-state index is 0.498. The number of nitrogens with one attached hydrogen (secondary N) is 1. The Hall–Kier alpha value is -1.26. The third-order valence-electron chi connectivity index (χ3n) is 3.18. The van der Waals surface area contributed by atoms with Crippen molar-refractivity contribution in [1.29, 1.82) is 0 Å². The number of hydrogen-bond donors (Lipinski definition) is 1. The van der Waals surface area contributed by atoms with Crippen LogP contribution < -0.4 is 5.32 Å². The maximum atomic E-state index is 5.33. The number of rotatable bonds is 6. The Labute approximate surface area is 106 Å². The second-order valence-corrected chi connectivity index (χ2v) is 4.62. The minimum Gasteiger partial charge on any atom is -0.314 e. The average molecular weight is 229 g/mol. The molecule has 1 unspecified atom stereocenters. The van der Waals surface area contributed by atoms with Crippen molar-refractivity contribution in [2.24, 2.45) is 0 Å². The van der Waals surface area contributed by atoms with E-state index in [9.17, 15) is 0 Å². The summed E-state index contributed by atoms with van der Waals surface area (Å²) in [5, 5.41) is 3.50. The van der Waals surface area contributed by atoms with Gasteiger partial charge in [-0.1, -0.05) is 25.1 Å². The molecule has 1 rings (SSSR count). The van der Waals surface area contributed by atoms with Crippen molar-refractivity contribution < 1.29 is 0 Å². The van der Waals surface area contributed by atoms with E-state index in [-0.39, 0.29) is 0 Å². The molecule has 92 valence electrons. The first kappa shape index (κ1) is 13.8. The molecule has 0 saturated carbocycles. The van der Waals surface area contributed by atoms with E-state index in [2.05, 4.69) is 50.2 Å². The van der Waals surface area contributed by atoms with Gasteiger partial charge < -0.3 is 5.32 Å². The van der Waals surface area contributed by atoms with Crippen molar-refractivity contribution in [3.05, 3.63) is 34.9 Å². The van der Waals surface area contributed by atoms with Crippen LogP contribution in [0.1, 0.15) is 36.5 Å². The molecule has 0 fully saturated rings. The van der Waals surface area contributed by atoms with E-state index < -0.39 is 0 Å². The van der Waals surface area contributed by atoms with Crippen LogP contribution in [0.25, 0.3) is 0 Å². The van der Waals surface area contributed by atoms with Crippen LogP contribution in [0.15, 0.2) is 18.2 Å². The van der Waals surface area contributed by atoms with Crippen molar-refractivity contribution in [2.75, 3.05) is 6.54 Å². The molecule has 1 nitrogen and oxygen atoms in total. The predicted molar refractivity (Wildman–Crippen MR) is 75.2 cm³/mol. The Morgan fingerprint density at radius 3 is 2.65 bits per heavy atom. The summed E-state index contributed by atoms with van der Waals surface area (Å²) in [5.74, 6) is 2.72. The van der Waals surface area contributed by atoms with Crippen LogP contribution in [0.5, 0.6) is 0 Å². The first-order valence-corrected chi connectivity index (χ1v) is 6.40. The van der Waals surface area contributed by atoms with Gasteiger partial charge in [0.1, 0.15) is 0 Å². The van der Waals surface area contributed by atoms with Crippen LogP contribution in [-0.4, -0.2) is 12.6 Å². The maximum Gasteiger partial charge on any atom is 0.0116 e. The van der Waals surface area contributed by atoms with Gasteiger partial charge in [-0.25, -0.2) is 0 Å². The SMILES string of the molecule is C#CCCC(Cc1ccc(C)c(C)c1)NCC. The lowest BCUT2D eigenvalue weighted by Crippen LogP contribution is -2.30. The van der Waals surface area contributed by atoms with Crippen LogP contribution in [0.3, 0.4) is 0 Å². The molecule has 0 spiro atoms. The molecule has 0 amide bonds. The van der Waals surface area contributed by atoms with Crippen LogP contribution >= 0.6 is 0 Å². The molecule has 0 aliphatic carbocycles. The fourth-order valence-corrected chi connectivity index (χ4v) is 2.04. The quantitative estimate of drug-likeness (QED) is 0.738. The van der Waals surface area contributed by atoms with Gasteiger partial charge in [-0.3, -0.25) is 0 Å². The van der Waals surface area contributed by atoms with Gasteiger partial charge in [0.2, 0.25) is 0 Å². The summed E-state index contributed by atoms with van der Waals surface area (Å²) in [4.78, 5) is 0. The van der Waals surface area contributed by atoms with E-state index in [4.69, 9.17) is 6.42 Å². The van der Waals surface area contributed by atoms with E-state index in [0.29, 0.717) is 6.04 Å². The zero-order chi connectivity index (χ0) is 12.7. The fourth-order valence-electron chi connectivity index (χ4n) is 2.04. The molecule has 0 bridgehead atoms. The van der Waals surface area contributed by atoms with Gasteiger partial charge in [0.25, 0.3) is 0 Å². The highest BCUT2D eigenvalue weighted by Gasteiger charge is 2.08. The molecule has 1 N–H and O–H groups in total. The summed E-state index contributed by atoms with van der Waals surface area (Å²) in [6.45, 7) is 7.46. The molecule has 1 heteroatoms. The molecule has 0 aliphatic rings. The maximum absolute atomic E-state index is 5.33. The number of terminal acetylenes is 1. The van der Waals surface area contributed by atoms with Gasteiger partial charge in [-0.05, 0) is 49.9 Å². The van der Waals surface area contributed by atoms with E-state index in [1.807, 2.05) is 0 Å². The van der Waals surface area contributed by atoms with E-state index in [1.54, 1.807) is 0 Å². The Balaban J connectivity index is 2.65. The van der Waals surface area contributed by atoms with Gasteiger partial charge >= 0.3 is 0 Å². The first-order chi connectivity index (χ1) is 8.17. The molecular formula is C16H23N. The third kappa shape index (κ3) is 4.63. The topological polar surface area (TPSA) is 12.0 Å². The monoisotopic (exact) mass is 229 g/mol. The van der Waals surface area contributed by atoms with Crippen molar-refractivity contribution in [3.8, 4) is 12.3 Å². The molecule has 0 heterocycles. The lowest BCUT2D eigenvalue weighted by Gasteiger charge is -2.17. The van der Waals surface area contributed by atoms with Gasteiger partial charge in [-0.2, -0.15) is 0 Å². The highest BCUT2D eigenvalue weighted by Crippen LogP contribution is 2.13. The fraction of sp³-hybridized carbons (Fsp3) is 0.500. The normalized spacial score (nSPS) is 12.1. The van der Waals surface area contributed by atoms with Crippen molar-refractivity contribution in [2.45, 2.75) is 46.1 Å². The lowest BCUT2D eigenvalue weighted by atomic mass is 9.98. The summed E-state index contributed by atoms with van der Waals surface area (Å²) in [6.07, 6.45) is 8.30. The first-order valence-electron chi connectivity index (χ1n) is 6.40. The summed E-state index contributed by atoms with van der Waals surface area (Å²) in [7, 11) is 0. The van der Waals surface area contributed by atoms with E-state index in [1.165, 1.54) is 16.7 Å². The van der Waals surface area contributed by atoms with Gasteiger partial charge in [0, 0.05) is 12.5 Å². The van der Waals surface area contributed by atoms with Crippen molar-refractivity contribution in [1.82, 2.24) is 5.32 Å². The third-order valence-corrected chi connectivity index (χ3v) is 3.18. The summed E-state index contributed by atoms with van der Waals surface area (Å²) in [6, 6.07) is 7.21. The number of aryl methyl sites for hydroxylation is 2. The lowest BCUT2D eigenvalue weighted by molar-refractivity contribution is 0.497. The molecular weight excluding hydrogens is 206 g/mol. The molecule has 17 heavy (non-hydrogen) atoms. The molecule has 1 aromatic carbocycles. The smallest absolute Gasteiger partial charge is 0.0116 e. The summed E-state index contributed by atoms with van der Waals surface area (Å²) in [5.41, 5.74) is 4.13. The molecule has 0 aromatic heterocycles. The molecule has 0 radical (unpaired) electrons. The van der Waals surface area contributed by atoms with E-state index in [0.717, 1.165) is 25.8 Å². The van der Waals surface area contributed by atoms with Crippen LogP contribution in [0, 0.1) is 26.2 Å². The Bertz CT molecular complexity index is 387. The Morgan fingerprint density at radius 2 is 2.06 bits per heavy atom. The average Bonchev–Trinajstić information content (AvgIpc) is 2.31. The Kier molecular flexibility index (Phi) is 5.80. The Morgan fingerprint density at radius 1 is 1.29 bits per heavy atom. The highest BCUT2D eigenvalue weighted by molar-refractivity contribution is 5.30. The largest absolute Gasteiger partial charge is 0.314 e. The molecule has 0 aliphatic heterocycles. The van der Waals surface area contributed by atoms with Gasteiger partial charge in [0.05, 0.1) is 0 Å². The molecule has 1 aromatic rings. The van der Waals surface area contributed by atoms with Crippen molar-refractivity contribution >= 4 is 0 Å². The van der Waals surface area contributed by atoms with Crippen molar-refractivity contribution in [3.63, 3.8) is 0 Å². The standard InChI is InChI=1S/C16H23N/c1-5-7-8-16(17-6-2)12-15-10-9-13(3)14(4)11-15/h1,9-11,16-17H,6-8,12H2,2-4H3. The second kappa shape index (κ2) is 7.14. The number of likely N-dealkylation sites (N-methyl/N-ethyl adjacent to an activating group) is 1. The summed E-state index contributed by atoms with van der Waals surface area (Å²) >= 11 is 0. The van der Waals surface area contributed by atoms with Gasteiger partial charge in [-0.15, -0.1) is 12.3 Å². The van der Waals surface area contributed by atoms with Crippen LogP contribution in [0.4, 0.5) is 0 Å². The highest BCUT2D eigenvalue weighted by atomic mass is 14.9. The second-order valence-electron chi connectivity index (χ2n) is 4.62. The number of benzene rings is 1. The van der Waals surface area contributed by atoms with Crippen LogP contribution in [-0.2, 0) is 6.42 Å². The number of hydrogen-bond acceptors (Lipinski definition) is 1. The molecule has 0 saturated heterocycles. The minimum atomic E-state index is 0.498. The predicted octanol–water partition coefficient (Wildman–Crippen LogP) is 3.24. The molecule has 1 atom stereocenters. The zero-order valence-corrected chi connectivity index (χ0v) is 11.2. The zero-order valence-electron chi connectivity index (χ0n) is 11.2. The van der Waals surface area contributed by atoms with Crippen LogP contribution in [0.2, 0.25) is 0 Å². The summed E-state index contributed by atoms with van der Waals surface area (Å²) < 4.78 is 0. The van der Waals surface area contributed by atoms with Gasteiger partial charge in [0.15, 0.2) is 0 Å². The van der Waals surface area contributed by atoms with E-state index >= 15 is 0 Å².